The molecule has 1 saturated heterocycles. The number of aliphatic carboxylic acids is 1. The average molecular weight is 396 g/mol. The zero-order valence-corrected chi connectivity index (χ0v) is 15.8. The first-order valence-electron chi connectivity index (χ1n) is 8.75. The molecule has 150 valence electrons. The SMILES string of the molecule is COc1ccc(C2C(C(=O)c3ccccc3)C(=O)C(=O)N2CC(=O)[O-])c(OC)c1. The number of hydrogen-bond donors (Lipinski definition) is 0. The van der Waals surface area contributed by atoms with Gasteiger partial charge in [0.25, 0.3) is 5.91 Å². The standard InChI is InChI=1S/C21H19NO7/c1-28-13-8-9-14(15(10-13)29-2)18-17(19(25)12-6-4-3-5-7-12)20(26)21(27)22(18)11-16(23)24/h3-10,17-18H,11H2,1-2H3,(H,23,24)/p-1. The van der Waals surface area contributed by atoms with Crippen LogP contribution in [-0.2, 0) is 14.4 Å². The number of methoxy groups -OCH3 is 2. The Labute approximate surface area is 166 Å². The van der Waals surface area contributed by atoms with Crippen LogP contribution in [0.3, 0.4) is 0 Å². The van der Waals surface area contributed by atoms with Gasteiger partial charge >= 0.3 is 0 Å². The highest BCUT2D eigenvalue weighted by Crippen LogP contribution is 2.42. The second-order valence-corrected chi connectivity index (χ2v) is 6.43. The van der Waals surface area contributed by atoms with E-state index in [1.807, 2.05) is 0 Å². The van der Waals surface area contributed by atoms with Gasteiger partial charge in [-0.2, -0.15) is 0 Å². The average Bonchev–Trinajstić information content (AvgIpc) is 2.97. The van der Waals surface area contributed by atoms with Crippen LogP contribution in [0.1, 0.15) is 22.0 Å². The normalized spacial score (nSPS) is 18.6. The number of carbonyl (C=O) groups excluding carboxylic acids is 4. The summed E-state index contributed by atoms with van der Waals surface area (Å²) in [7, 11) is 2.84. The Kier molecular flexibility index (Phi) is 5.63. The Balaban J connectivity index is 2.15. The van der Waals surface area contributed by atoms with Gasteiger partial charge in [-0.25, -0.2) is 0 Å². The van der Waals surface area contributed by atoms with Crippen molar-refractivity contribution in [3.8, 4) is 11.5 Å². The summed E-state index contributed by atoms with van der Waals surface area (Å²) < 4.78 is 10.5. The maximum absolute atomic E-state index is 13.1. The molecule has 0 aliphatic carbocycles. The molecular formula is C21H18NO7-. The number of Topliss-reactive ketones (excluding diaryl/α,β-unsaturated/α-hetero) is 2. The number of likely N-dealkylation sites (tertiary alicyclic amines) is 1. The van der Waals surface area contributed by atoms with Crippen molar-refractivity contribution in [3.05, 3.63) is 59.7 Å². The predicted octanol–water partition coefficient (Wildman–Crippen LogP) is 0.405. The lowest BCUT2D eigenvalue weighted by molar-refractivity contribution is -0.306. The molecule has 3 rings (SSSR count). The maximum atomic E-state index is 13.1. The molecule has 0 radical (unpaired) electrons. The number of hydrogen-bond acceptors (Lipinski definition) is 7. The van der Waals surface area contributed by atoms with E-state index >= 15 is 0 Å². The van der Waals surface area contributed by atoms with Crippen molar-refractivity contribution >= 4 is 23.4 Å². The summed E-state index contributed by atoms with van der Waals surface area (Å²) in [5.74, 6) is -4.84. The van der Waals surface area contributed by atoms with E-state index in [0.717, 1.165) is 4.90 Å². The third-order valence-corrected chi connectivity index (χ3v) is 4.81. The van der Waals surface area contributed by atoms with Gasteiger partial charge in [-0.1, -0.05) is 30.3 Å². The van der Waals surface area contributed by atoms with Crippen molar-refractivity contribution in [1.29, 1.82) is 0 Å². The van der Waals surface area contributed by atoms with Crippen molar-refractivity contribution in [2.45, 2.75) is 6.04 Å². The van der Waals surface area contributed by atoms with Gasteiger partial charge in [-0.15, -0.1) is 0 Å². The van der Waals surface area contributed by atoms with Crippen LogP contribution in [0.2, 0.25) is 0 Å². The molecular weight excluding hydrogens is 378 g/mol. The lowest BCUT2D eigenvalue weighted by Gasteiger charge is -2.28. The lowest BCUT2D eigenvalue weighted by Crippen LogP contribution is -2.41. The molecule has 29 heavy (non-hydrogen) atoms. The Hall–Kier alpha value is -3.68. The number of carbonyl (C=O) groups is 4. The number of ketones is 2. The fourth-order valence-electron chi connectivity index (χ4n) is 3.49. The molecule has 2 atom stereocenters. The van der Waals surface area contributed by atoms with Gasteiger partial charge in [0.2, 0.25) is 5.78 Å². The fourth-order valence-corrected chi connectivity index (χ4v) is 3.49. The number of rotatable bonds is 7. The van der Waals surface area contributed by atoms with Crippen LogP contribution in [0, 0.1) is 5.92 Å². The largest absolute Gasteiger partial charge is 0.548 e. The van der Waals surface area contributed by atoms with E-state index in [1.165, 1.54) is 32.4 Å². The van der Waals surface area contributed by atoms with Crippen LogP contribution in [0.15, 0.2) is 48.5 Å². The molecule has 8 nitrogen and oxygen atoms in total. The van der Waals surface area contributed by atoms with E-state index in [-0.39, 0.29) is 11.3 Å². The summed E-state index contributed by atoms with van der Waals surface area (Å²) >= 11 is 0. The van der Waals surface area contributed by atoms with Crippen molar-refractivity contribution in [2.75, 3.05) is 20.8 Å². The van der Waals surface area contributed by atoms with E-state index in [0.29, 0.717) is 11.3 Å². The smallest absolute Gasteiger partial charge is 0.291 e. The van der Waals surface area contributed by atoms with Gasteiger partial charge in [-0.3, -0.25) is 14.4 Å². The van der Waals surface area contributed by atoms with E-state index in [2.05, 4.69) is 0 Å². The Morgan fingerprint density at radius 2 is 1.72 bits per heavy atom. The molecule has 0 saturated carbocycles. The molecule has 1 aliphatic heterocycles. The second-order valence-electron chi connectivity index (χ2n) is 6.43. The third kappa shape index (κ3) is 3.69. The first-order valence-corrected chi connectivity index (χ1v) is 8.75. The minimum absolute atomic E-state index is 0.242. The number of carboxylic acids is 1. The first-order chi connectivity index (χ1) is 13.9. The monoisotopic (exact) mass is 396 g/mol. The summed E-state index contributed by atoms with van der Waals surface area (Å²) in [6, 6.07) is 11.5. The molecule has 1 amide bonds. The molecule has 0 spiro atoms. The predicted molar refractivity (Wildman–Crippen MR) is 98.3 cm³/mol. The Bertz CT molecular complexity index is 970. The van der Waals surface area contributed by atoms with Crippen molar-refractivity contribution < 1.29 is 33.8 Å². The number of carboxylic acid groups (broad SMARTS) is 1. The molecule has 0 aromatic heterocycles. The van der Waals surface area contributed by atoms with E-state index in [4.69, 9.17) is 9.47 Å². The quantitative estimate of drug-likeness (QED) is 0.378. The molecule has 1 heterocycles. The van der Waals surface area contributed by atoms with Crippen LogP contribution in [0.4, 0.5) is 0 Å². The van der Waals surface area contributed by atoms with Crippen LogP contribution < -0.4 is 14.6 Å². The molecule has 0 bridgehead atoms. The van der Waals surface area contributed by atoms with E-state index in [9.17, 15) is 24.3 Å². The van der Waals surface area contributed by atoms with Gasteiger partial charge in [0.05, 0.1) is 32.8 Å². The summed E-state index contributed by atoms with van der Waals surface area (Å²) in [4.78, 5) is 50.5. The highest BCUT2D eigenvalue weighted by Gasteiger charge is 2.52. The van der Waals surface area contributed by atoms with Crippen molar-refractivity contribution in [1.82, 2.24) is 4.90 Å². The number of ether oxygens (including phenoxy) is 2. The third-order valence-electron chi connectivity index (χ3n) is 4.81. The van der Waals surface area contributed by atoms with Crippen LogP contribution >= 0.6 is 0 Å². The number of amides is 1. The lowest BCUT2D eigenvalue weighted by atomic mass is 9.86. The topological polar surface area (TPSA) is 113 Å². The molecule has 1 fully saturated rings. The summed E-state index contributed by atoms with van der Waals surface area (Å²) in [6.07, 6.45) is 0. The van der Waals surface area contributed by atoms with E-state index < -0.39 is 41.9 Å². The van der Waals surface area contributed by atoms with Gasteiger partial charge in [0.15, 0.2) is 5.78 Å². The van der Waals surface area contributed by atoms with Crippen LogP contribution in [0.5, 0.6) is 11.5 Å². The zero-order chi connectivity index (χ0) is 21.1. The van der Waals surface area contributed by atoms with Crippen LogP contribution in [0.25, 0.3) is 0 Å². The van der Waals surface area contributed by atoms with Crippen molar-refractivity contribution in [2.24, 2.45) is 5.92 Å². The highest BCUT2D eigenvalue weighted by atomic mass is 16.5. The highest BCUT2D eigenvalue weighted by molar-refractivity contribution is 6.44. The molecule has 2 aromatic carbocycles. The fraction of sp³-hybridized carbons (Fsp3) is 0.238. The summed E-state index contributed by atoms with van der Waals surface area (Å²) in [5.41, 5.74) is 0.564. The van der Waals surface area contributed by atoms with Crippen LogP contribution in [-0.4, -0.2) is 49.1 Å². The van der Waals surface area contributed by atoms with Gasteiger partial charge in [-0.05, 0) is 12.1 Å². The minimum Gasteiger partial charge on any atom is -0.548 e. The Morgan fingerprint density at radius 3 is 2.31 bits per heavy atom. The second kappa shape index (κ2) is 8.14. The number of nitrogens with zero attached hydrogens (tertiary/aromatic N) is 1. The van der Waals surface area contributed by atoms with E-state index in [1.54, 1.807) is 30.3 Å². The molecule has 2 unspecified atom stereocenters. The summed E-state index contributed by atoms with van der Waals surface area (Å²) in [5, 5.41) is 11.2. The zero-order valence-electron chi connectivity index (χ0n) is 15.8. The first kappa shape index (κ1) is 20.1. The molecule has 8 heteroatoms. The molecule has 0 N–H and O–H groups in total. The van der Waals surface area contributed by atoms with Gasteiger partial charge in [0.1, 0.15) is 17.4 Å². The maximum Gasteiger partial charge on any atom is 0.291 e. The molecule has 2 aromatic rings. The summed E-state index contributed by atoms with van der Waals surface area (Å²) in [6.45, 7) is -0.830. The minimum atomic E-state index is -1.54. The van der Waals surface area contributed by atoms with Gasteiger partial charge in [0, 0.05) is 17.2 Å². The van der Waals surface area contributed by atoms with Crippen molar-refractivity contribution in [3.63, 3.8) is 0 Å². The Morgan fingerprint density at radius 1 is 1.03 bits per heavy atom. The molecule has 1 aliphatic rings. The van der Waals surface area contributed by atoms with Gasteiger partial charge < -0.3 is 24.3 Å². The number of benzene rings is 2.